The summed E-state index contributed by atoms with van der Waals surface area (Å²) in [6.45, 7) is 2.65. The molecule has 21 heavy (non-hydrogen) atoms. The Hall–Kier alpha value is -1.10. The van der Waals surface area contributed by atoms with Crippen LogP contribution in [0, 0.1) is 11.8 Å². The molecule has 1 atom stereocenters. The van der Waals surface area contributed by atoms with Crippen molar-refractivity contribution in [3.05, 3.63) is 34.9 Å². The van der Waals surface area contributed by atoms with Crippen molar-refractivity contribution in [1.29, 1.82) is 0 Å². The van der Waals surface area contributed by atoms with E-state index in [4.69, 9.17) is 16.3 Å². The van der Waals surface area contributed by atoms with E-state index < -0.39 is 5.97 Å². The van der Waals surface area contributed by atoms with Crippen molar-refractivity contribution in [2.75, 3.05) is 26.3 Å². The van der Waals surface area contributed by atoms with Crippen molar-refractivity contribution >= 4 is 17.6 Å². The second-order valence-corrected chi connectivity index (χ2v) is 5.91. The van der Waals surface area contributed by atoms with Crippen molar-refractivity contribution in [2.45, 2.75) is 19.3 Å². The highest BCUT2D eigenvalue weighted by Crippen LogP contribution is 2.23. The van der Waals surface area contributed by atoms with Gasteiger partial charge < -0.3 is 15.2 Å². The average molecular weight is 312 g/mol. The van der Waals surface area contributed by atoms with Crippen molar-refractivity contribution < 1.29 is 14.6 Å². The number of hydrogen-bond acceptors (Lipinski definition) is 3. The molecule has 1 aliphatic rings. The van der Waals surface area contributed by atoms with Crippen molar-refractivity contribution in [3.63, 3.8) is 0 Å². The SMILES string of the molecule is O=C(O)C(CNCCc1ccc(Cl)cc1)C1CCOCC1. The Morgan fingerprint density at radius 3 is 2.62 bits per heavy atom. The predicted molar refractivity (Wildman–Crippen MR) is 82.7 cm³/mol. The molecule has 1 aromatic rings. The van der Waals surface area contributed by atoms with Crippen LogP contribution in [0.5, 0.6) is 0 Å². The molecule has 1 heterocycles. The summed E-state index contributed by atoms with van der Waals surface area (Å²) in [6, 6.07) is 7.74. The first-order chi connectivity index (χ1) is 10.2. The minimum atomic E-state index is -0.708. The molecule has 116 valence electrons. The van der Waals surface area contributed by atoms with Crippen molar-refractivity contribution in [3.8, 4) is 0 Å². The standard InChI is InChI=1S/C16H22ClNO3/c17-14-3-1-12(2-4-14)5-8-18-11-15(16(19)20)13-6-9-21-10-7-13/h1-4,13,15,18H,5-11H2,(H,19,20). The number of carbonyl (C=O) groups is 1. The Balaban J connectivity index is 1.74. The molecule has 0 aromatic heterocycles. The molecule has 4 nitrogen and oxygen atoms in total. The molecule has 0 spiro atoms. The van der Waals surface area contributed by atoms with Gasteiger partial charge in [0.1, 0.15) is 0 Å². The normalized spacial score (nSPS) is 17.6. The summed E-state index contributed by atoms with van der Waals surface area (Å²) in [4.78, 5) is 11.4. The van der Waals surface area contributed by atoms with Crippen LogP contribution in [0.3, 0.4) is 0 Å². The van der Waals surface area contributed by atoms with E-state index in [1.54, 1.807) is 0 Å². The van der Waals surface area contributed by atoms with Gasteiger partial charge in [-0.15, -0.1) is 0 Å². The highest BCUT2D eigenvalue weighted by atomic mass is 35.5. The first-order valence-corrected chi connectivity index (χ1v) is 7.80. The summed E-state index contributed by atoms with van der Waals surface area (Å²) in [5, 5.41) is 13.4. The van der Waals surface area contributed by atoms with E-state index in [2.05, 4.69) is 5.32 Å². The fraction of sp³-hybridized carbons (Fsp3) is 0.562. The zero-order valence-electron chi connectivity index (χ0n) is 12.1. The van der Waals surface area contributed by atoms with Crippen LogP contribution in [-0.4, -0.2) is 37.4 Å². The Morgan fingerprint density at radius 2 is 2.00 bits per heavy atom. The van der Waals surface area contributed by atoms with E-state index in [1.165, 1.54) is 5.56 Å². The molecule has 1 aromatic carbocycles. The maximum absolute atomic E-state index is 11.4. The number of ether oxygens (including phenoxy) is 1. The summed E-state index contributed by atoms with van der Waals surface area (Å²) in [5.41, 5.74) is 1.20. The lowest BCUT2D eigenvalue weighted by molar-refractivity contribution is -0.144. The van der Waals surface area contributed by atoms with Gasteiger partial charge in [0.15, 0.2) is 0 Å². The van der Waals surface area contributed by atoms with E-state index in [0.717, 1.165) is 30.8 Å². The van der Waals surface area contributed by atoms with Gasteiger partial charge in [0.2, 0.25) is 0 Å². The minimum absolute atomic E-state index is 0.222. The Labute approximate surface area is 130 Å². The first kappa shape index (κ1) is 16.3. The fourth-order valence-corrected chi connectivity index (χ4v) is 2.84. The minimum Gasteiger partial charge on any atom is -0.481 e. The van der Waals surface area contributed by atoms with Crippen molar-refractivity contribution in [2.24, 2.45) is 11.8 Å². The second kappa shape index (κ2) is 8.37. The van der Waals surface area contributed by atoms with Gasteiger partial charge in [-0.3, -0.25) is 4.79 Å². The van der Waals surface area contributed by atoms with Gasteiger partial charge in [0.05, 0.1) is 5.92 Å². The summed E-state index contributed by atoms with van der Waals surface area (Å²) in [7, 11) is 0. The Morgan fingerprint density at radius 1 is 1.33 bits per heavy atom. The lowest BCUT2D eigenvalue weighted by atomic mass is 9.86. The van der Waals surface area contributed by atoms with E-state index in [0.29, 0.717) is 19.8 Å². The molecule has 1 aliphatic heterocycles. The molecular formula is C16H22ClNO3. The number of nitrogens with one attached hydrogen (secondary N) is 1. The molecule has 0 saturated carbocycles. The van der Waals surface area contributed by atoms with Crippen LogP contribution in [0.4, 0.5) is 0 Å². The number of benzene rings is 1. The first-order valence-electron chi connectivity index (χ1n) is 7.42. The number of aliphatic carboxylic acids is 1. The highest BCUT2D eigenvalue weighted by Gasteiger charge is 2.29. The number of carboxylic acid groups (broad SMARTS) is 1. The summed E-state index contributed by atoms with van der Waals surface area (Å²) in [5.74, 6) is -0.806. The average Bonchev–Trinajstić information content (AvgIpc) is 2.49. The molecule has 2 rings (SSSR count). The quantitative estimate of drug-likeness (QED) is 0.760. The van der Waals surface area contributed by atoms with Gasteiger partial charge in [-0.2, -0.15) is 0 Å². The molecule has 2 N–H and O–H groups in total. The van der Waals surface area contributed by atoms with Crippen LogP contribution in [0.1, 0.15) is 18.4 Å². The number of halogens is 1. The predicted octanol–water partition coefficient (Wildman–Crippen LogP) is 2.60. The van der Waals surface area contributed by atoms with Crippen molar-refractivity contribution in [1.82, 2.24) is 5.32 Å². The third kappa shape index (κ3) is 5.30. The van der Waals surface area contributed by atoms with Gasteiger partial charge in [-0.05, 0) is 49.4 Å². The molecule has 1 fully saturated rings. The molecule has 0 radical (unpaired) electrons. The van der Waals surface area contributed by atoms with Gasteiger partial charge in [0.25, 0.3) is 0 Å². The second-order valence-electron chi connectivity index (χ2n) is 5.48. The molecule has 1 unspecified atom stereocenters. The number of carboxylic acids is 1. The topological polar surface area (TPSA) is 58.6 Å². The van der Waals surface area contributed by atoms with Gasteiger partial charge in [0, 0.05) is 24.8 Å². The van der Waals surface area contributed by atoms with Crippen LogP contribution in [-0.2, 0) is 16.0 Å². The third-order valence-electron chi connectivity index (χ3n) is 4.02. The monoisotopic (exact) mass is 311 g/mol. The van der Waals surface area contributed by atoms with Crippen LogP contribution in [0.2, 0.25) is 5.02 Å². The van der Waals surface area contributed by atoms with Gasteiger partial charge in [-0.1, -0.05) is 23.7 Å². The van der Waals surface area contributed by atoms with E-state index >= 15 is 0 Å². The Bertz CT molecular complexity index is 443. The van der Waals surface area contributed by atoms with Crippen LogP contribution >= 0.6 is 11.6 Å². The van der Waals surface area contributed by atoms with E-state index in [1.807, 2.05) is 24.3 Å². The highest BCUT2D eigenvalue weighted by molar-refractivity contribution is 6.30. The van der Waals surface area contributed by atoms with Crippen LogP contribution in [0.25, 0.3) is 0 Å². The van der Waals surface area contributed by atoms with E-state index in [9.17, 15) is 9.90 Å². The molecule has 0 amide bonds. The largest absolute Gasteiger partial charge is 0.481 e. The zero-order chi connectivity index (χ0) is 15.1. The molecular weight excluding hydrogens is 290 g/mol. The molecule has 5 heteroatoms. The summed E-state index contributed by atoms with van der Waals surface area (Å²) < 4.78 is 5.30. The molecule has 1 saturated heterocycles. The Kier molecular flexibility index (Phi) is 6.49. The number of hydrogen-bond donors (Lipinski definition) is 2. The smallest absolute Gasteiger partial charge is 0.308 e. The summed E-state index contributed by atoms with van der Waals surface area (Å²) >= 11 is 5.84. The number of rotatable bonds is 7. The maximum atomic E-state index is 11.4. The summed E-state index contributed by atoms with van der Waals surface area (Å²) in [6.07, 6.45) is 2.56. The van der Waals surface area contributed by atoms with E-state index in [-0.39, 0.29) is 11.8 Å². The van der Waals surface area contributed by atoms with Gasteiger partial charge >= 0.3 is 5.97 Å². The lowest BCUT2D eigenvalue weighted by Crippen LogP contribution is -2.37. The molecule has 0 bridgehead atoms. The third-order valence-corrected chi connectivity index (χ3v) is 4.27. The van der Waals surface area contributed by atoms with Crippen LogP contribution in [0.15, 0.2) is 24.3 Å². The maximum Gasteiger partial charge on any atom is 0.308 e. The fourth-order valence-electron chi connectivity index (χ4n) is 2.72. The lowest BCUT2D eigenvalue weighted by Gasteiger charge is -2.27. The van der Waals surface area contributed by atoms with Gasteiger partial charge in [-0.25, -0.2) is 0 Å². The zero-order valence-corrected chi connectivity index (χ0v) is 12.8. The molecule has 0 aliphatic carbocycles. The van der Waals surface area contributed by atoms with Crippen LogP contribution < -0.4 is 5.32 Å².